The number of nitrogens with one attached hydrogen (secondary N) is 1. The molecule has 0 aliphatic carbocycles. The van der Waals surface area contributed by atoms with Crippen LogP contribution in [0.25, 0.3) is 6.08 Å². The molecule has 0 radical (unpaired) electrons. The summed E-state index contributed by atoms with van der Waals surface area (Å²) in [6.07, 6.45) is 1.83. The summed E-state index contributed by atoms with van der Waals surface area (Å²) < 4.78 is 17.0. The van der Waals surface area contributed by atoms with Crippen LogP contribution in [-0.4, -0.2) is 26.7 Å². The second-order valence-electron chi connectivity index (χ2n) is 5.16. The summed E-state index contributed by atoms with van der Waals surface area (Å²) in [6.45, 7) is 0.230. The molecule has 0 spiro atoms. The van der Waals surface area contributed by atoms with Crippen LogP contribution in [0.5, 0.6) is 17.2 Å². The van der Waals surface area contributed by atoms with Crippen molar-refractivity contribution in [2.75, 3.05) is 26.1 Å². The summed E-state index contributed by atoms with van der Waals surface area (Å²) in [5.74, 6) is 1.71. The van der Waals surface area contributed by atoms with Gasteiger partial charge in [0.15, 0.2) is 11.5 Å². The van der Waals surface area contributed by atoms with E-state index >= 15 is 0 Å². The number of benzene rings is 2. The Morgan fingerprint density at radius 1 is 1.12 bits per heavy atom. The zero-order chi connectivity index (χ0) is 17.1. The number of carbonyl (C=O) groups is 1. The first-order chi connectivity index (χ1) is 11.6. The number of hydrogen-bond acceptors (Lipinski definition) is 4. The molecule has 0 saturated heterocycles. The number of rotatable bonds is 4. The van der Waals surface area contributed by atoms with E-state index in [0.717, 1.165) is 15.8 Å². The highest BCUT2D eigenvalue weighted by molar-refractivity contribution is 9.10. The number of methoxy groups -OCH3 is 2. The van der Waals surface area contributed by atoms with Crippen molar-refractivity contribution < 1.29 is 19.0 Å². The molecule has 2 aromatic rings. The summed E-state index contributed by atoms with van der Waals surface area (Å²) in [7, 11) is 3.12. The fourth-order valence-electron chi connectivity index (χ4n) is 2.40. The molecule has 24 heavy (non-hydrogen) atoms. The molecular weight excluding hydrogens is 374 g/mol. The summed E-state index contributed by atoms with van der Waals surface area (Å²) >= 11 is 3.42. The predicted octanol–water partition coefficient (Wildman–Crippen LogP) is 3.88. The number of carbonyl (C=O) groups excluding carboxylic acids is 1. The van der Waals surface area contributed by atoms with Gasteiger partial charge in [0, 0.05) is 21.8 Å². The van der Waals surface area contributed by atoms with Crippen molar-refractivity contribution in [2.45, 2.75) is 0 Å². The summed E-state index contributed by atoms with van der Waals surface area (Å²) in [4.78, 5) is 12.5. The molecule has 1 heterocycles. The van der Waals surface area contributed by atoms with Gasteiger partial charge in [0.2, 0.25) is 0 Å². The minimum atomic E-state index is -0.215. The van der Waals surface area contributed by atoms with Crippen molar-refractivity contribution in [1.29, 1.82) is 0 Å². The fourth-order valence-corrected chi connectivity index (χ4v) is 2.78. The first-order valence-electron chi connectivity index (χ1n) is 7.27. The standard InChI is InChI=1S/C18H16BrNO4/c1-22-16-6-4-14(9-17(16)23-2)20-18(21)12-7-11-8-13(19)3-5-15(11)24-10-12/h3-9H,10H2,1-2H3,(H,20,21). The van der Waals surface area contributed by atoms with Crippen LogP contribution in [0.15, 0.2) is 46.4 Å². The van der Waals surface area contributed by atoms with Gasteiger partial charge in [0.25, 0.3) is 5.91 Å². The molecule has 1 aliphatic rings. The average Bonchev–Trinajstić information content (AvgIpc) is 2.60. The van der Waals surface area contributed by atoms with Crippen LogP contribution >= 0.6 is 15.9 Å². The summed E-state index contributed by atoms with van der Waals surface area (Å²) in [6, 6.07) is 10.9. The molecule has 1 aliphatic heterocycles. The number of amides is 1. The zero-order valence-corrected chi connectivity index (χ0v) is 14.8. The minimum Gasteiger partial charge on any atom is -0.493 e. The first kappa shape index (κ1) is 16.4. The highest BCUT2D eigenvalue weighted by atomic mass is 79.9. The second kappa shape index (κ2) is 6.97. The molecule has 1 amide bonds. The van der Waals surface area contributed by atoms with Crippen LogP contribution in [0.4, 0.5) is 5.69 Å². The molecule has 5 nitrogen and oxygen atoms in total. The van der Waals surface area contributed by atoms with Gasteiger partial charge in [-0.2, -0.15) is 0 Å². The van der Waals surface area contributed by atoms with Crippen molar-refractivity contribution in [2.24, 2.45) is 0 Å². The van der Waals surface area contributed by atoms with Gasteiger partial charge < -0.3 is 19.5 Å². The second-order valence-corrected chi connectivity index (χ2v) is 6.08. The molecule has 0 aromatic heterocycles. The lowest BCUT2D eigenvalue weighted by molar-refractivity contribution is -0.113. The van der Waals surface area contributed by atoms with Gasteiger partial charge in [-0.15, -0.1) is 0 Å². The van der Waals surface area contributed by atoms with Gasteiger partial charge in [0.1, 0.15) is 12.4 Å². The topological polar surface area (TPSA) is 56.8 Å². The van der Waals surface area contributed by atoms with Crippen LogP contribution in [0.1, 0.15) is 5.56 Å². The van der Waals surface area contributed by atoms with Gasteiger partial charge in [-0.05, 0) is 36.4 Å². The van der Waals surface area contributed by atoms with Crippen LogP contribution in [0, 0.1) is 0 Å². The molecule has 0 unspecified atom stereocenters. The molecule has 3 rings (SSSR count). The Morgan fingerprint density at radius 3 is 2.67 bits per heavy atom. The average molecular weight is 390 g/mol. The van der Waals surface area contributed by atoms with Crippen LogP contribution in [0.2, 0.25) is 0 Å². The van der Waals surface area contributed by atoms with Crippen LogP contribution < -0.4 is 19.5 Å². The van der Waals surface area contributed by atoms with E-state index in [9.17, 15) is 4.79 Å². The lowest BCUT2D eigenvalue weighted by atomic mass is 10.1. The SMILES string of the molecule is COc1ccc(NC(=O)C2=Cc3cc(Br)ccc3OC2)cc1OC. The van der Waals surface area contributed by atoms with E-state index in [0.29, 0.717) is 22.8 Å². The highest BCUT2D eigenvalue weighted by Crippen LogP contribution is 2.31. The van der Waals surface area contributed by atoms with Crippen molar-refractivity contribution >= 4 is 33.6 Å². The third-order valence-electron chi connectivity index (χ3n) is 3.62. The van der Waals surface area contributed by atoms with E-state index in [1.807, 2.05) is 24.3 Å². The maximum Gasteiger partial charge on any atom is 0.255 e. The highest BCUT2D eigenvalue weighted by Gasteiger charge is 2.18. The number of anilines is 1. The Bertz CT molecular complexity index is 817. The van der Waals surface area contributed by atoms with E-state index in [4.69, 9.17) is 14.2 Å². The third kappa shape index (κ3) is 3.38. The van der Waals surface area contributed by atoms with Crippen molar-refractivity contribution in [3.05, 3.63) is 52.0 Å². The first-order valence-corrected chi connectivity index (χ1v) is 8.06. The van der Waals surface area contributed by atoms with E-state index < -0.39 is 0 Å². The lowest BCUT2D eigenvalue weighted by Gasteiger charge is -2.18. The number of hydrogen-bond donors (Lipinski definition) is 1. The maximum atomic E-state index is 12.5. The van der Waals surface area contributed by atoms with Gasteiger partial charge in [-0.25, -0.2) is 0 Å². The molecular formula is C18H16BrNO4. The molecule has 0 saturated carbocycles. The number of fused-ring (bicyclic) bond motifs is 1. The van der Waals surface area contributed by atoms with E-state index in [1.54, 1.807) is 32.4 Å². The minimum absolute atomic E-state index is 0.215. The molecule has 2 aromatic carbocycles. The van der Waals surface area contributed by atoms with Crippen LogP contribution in [0.3, 0.4) is 0 Å². The number of ether oxygens (including phenoxy) is 3. The Hall–Kier alpha value is -2.47. The predicted molar refractivity (Wildman–Crippen MR) is 95.8 cm³/mol. The molecule has 124 valence electrons. The molecule has 1 N–H and O–H groups in total. The molecule has 0 fully saturated rings. The van der Waals surface area contributed by atoms with Gasteiger partial charge in [0.05, 0.1) is 19.8 Å². The van der Waals surface area contributed by atoms with Crippen LogP contribution in [-0.2, 0) is 4.79 Å². The van der Waals surface area contributed by atoms with E-state index in [2.05, 4.69) is 21.2 Å². The largest absolute Gasteiger partial charge is 0.493 e. The van der Waals surface area contributed by atoms with Crippen molar-refractivity contribution in [1.82, 2.24) is 0 Å². The lowest BCUT2D eigenvalue weighted by Crippen LogP contribution is -2.21. The molecule has 6 heteroatoms. The maximum absolute atomic E-state index is 12.5. The smallest absolute Gasteiger partial charge is 0.255 e. The Labute approximate surface area is 148 Å². The Balaban J connectivity index is 1.80. The molecule has 0 bridgehead atoms. The monoisotopic (exact) mass is 389 g/mol. The third-order valence-corrected chi connectivity index (χ3v) is 4.11. The van der Waals surface area contributed by atoms with E-state index in [-0.39, 0.29) is 12.5 Å². The summed E-state index contributed by atoms with van der Waals surface area (Å²) in [5, 5.41) is 2.85. The quantitative estimate of drug-likeness (QED) is 0.861. The normalized spacial score (nSPS) is 12.5. The van der Waals surface area contributed by atoms with Gasteiger partial charge >= 0.3 is 0 Å². The van der Waals surface area contributed by atoms with Crippen molar-refractivity contribution in [3.8, 4) is 17.2 Å². The number of halogens is 1. The van der Waals surface area contributed by atoms with Gasteiger partial charge in [-0.3, -0.25) is 4.79 Å². The van der Waals surface area contributed by atoms with E-state index in [1.165, 1.54) is 0 Å². The zero-order valence-electron chi connectivity index (χ0n) is 13.3. The molecule has 0 atom stereocenters. The Kier molecular flexibility index (Phi) is 4.76. The van der Waals surface area contributed by atoms with Gasteiger partial charge in [-0.1, -0.05) is 15.9 Å². The van der Waals surface area contributed by atoms with Crippen molar-refractivity contribution in [3.63, 3.8) is 0 Å². The Morgan fingerprint density at radius 2 is 1.92 bits per heavy atom. The summed E-state index contributed by atoms with van der Waals surface area (Å²) in [5.41, 5.74) is 2.04. The fraction of sp³-hybridized carbons (Fsp3) is 0.167.